The number of hydrogen-bond acceptors (Lipinski definition) is 3. The molecule has 26 heavy (non-hydrogen) atoms. The molecule has 1 saturated heterocycles. The lowest BCUT2D eigenvalue weighted by Gasteiger charge is -2.19. The summed E-state index contributed by atoms with van der Waals surface area (Å²) in [4.78, 5) is 24.5. The predicted molar refractivity (Wildman–Crippen MR) is 91.2 cm³/mol. The van der Waals surface area contributed by atoms with Crippen LogP contribution in [0.5, 0.6) is 0 Å². The molecule has 0 aliphatic carbocycles. The minimum absolute atomic E-state index is 0.157. The zero-order valence-electron chi connectivity index (χ0n) is 14.8. The van der Waals surface area contributed by atoms with Gasteiger partial charge in [0.1, 0.15) is 6.54 Å². The van der Waals surface area contributed by atoms with Crippen molar-refractivity contribution >= 4 is 11.8 Å². The number of likely N-dealkylation sites (tertiary alicyclic amines) is 1. The Kier molecular flexibility index (Phi) is 6.28. The van der Waals surface area contributed by atoms with E-state index in [2.05, 4.69) is 19.2 Å². The van der Waals surface area contributed by atoms with Crippen molar-refractivity contribution < 1.29 is 22.8 Å². The van der Waals surface area contributed by atoms with E-state index in [0.29, 0.717) is 10.8 Å². The Morgan fingerprint density at radius 1 is 1.27 bits per heavy atom. The SMILES string of the molecule is CC(C)c1ccc(C(N)CNC(=O)C2CC(=O)N(CC(F)(F)F)C2)cc1. The van der Waals surface area contributed by atoms with Crippen LogP contribution in [-0.4, -0.2) is 42.5 Å². The first-order valence-corrected chi connectivity index (χ1v) is 8.54. The molecule has 8 heteroatoms. The van der Waals surface area contributed by atoms with Crippen molar-refractivity contribution in [2.24, 2.45) is 11.7 Å². The van der Waals surface area contributed by atoms with Crippen molar-refractivity contribution in [1.29, 1.82) is 0 Å². The van der Waals surface area contributed by atoms with Crippen LogP contribution in [-0.2, 0) is 9.59 Å². The molecular weight excluding hydrogens is 347 g/mol. The molecule has 1 aromatic carbocycles. The first kappa shape index (κ1) is 20.2. The van der Waals surface area contributed by atoms with Gasteiger partial charge in [0.2, 0.25) is 11.8 Å². The smallest absolute Gasteiger partial charge is 0.354 e. The number of nitrogens with zero attached hydrogens (tertiary/aromatic N) is 1. The van der Waals surface area contributed by atoms with Gasteiger partial charge in [0, 0.05) is 25.6 Å². The first-order valence-electron chi connectivity index (χ1n) is 8.54. The van der Waals surface area contributed by atoms with Crippen LogP contribution in [0.4, 0.5) is 13.2 Å². The van der Waals surface area contributed by atoms with Crippen molar-refractivity contribution in [3.8, 4) is 0 Å². The molecule has 0 saturated carbocycles. The van der Waals surface area contributed by atoms with Gasteiger partial charge in [-0.25, -0.2) is 0 Å². The summed E-state index contributed by atoms with van der Waals surface area (Å²) in [5.74, 6) is -1.48. The van der Waals surface area contributed by atoms with Crippen molar-refractivity contribution in [2.45, 2.75) is 38.4 Å². The summed E-state index contributed by atoms with van der Waals surface area (Å²) in [6.45, 7) is 2.78. The van der Waals surface area contributed by atoms with E-state index < -0.39 is 36.5 Å². The first-order chi connectivity index (χ1) is 12.1. The lowest BCUT2D eigenvalue weighted by Crippen LogP contribution is -2.39. The summed E-state index contributed by atoms with van der Waals surface area (Å²) < 4.78 is 37.3. The molecule has 2 amide bonds. The zero-order valence-corrected chi connectivity index (χ0v) is 14.8. The van der Waals surface area contributed by atoms with Crippen LogP contribution in [0.25, 0.3) is 0 Å². The van der Waals surface area contributed by atoms with Gasteiger partial charge in [-0.1, -0.05) is 38.1 Å². The Balaban J connectivity index is 1.85. The maximum absolute atomic E-state index is 12.4. The Morgan fingerprint density at radius 3 is 2.38 bits per heavy atom. The second-order valence-electron chi connectivity index (χ2n) is 6.96. The van der Waals surface area contributed by atoms with Crippen molar-refractivity contribution in [3.63, 3.8) is 0 Å². The number of halogens is 3. The molecule has 1 fully saturated rings. The lowest BCUT2D eigenvalue weighted by atomic mass is 9.99. The molecule has 3 N–H and O–H groups in total. The number of carbonyl (C=O) groups excluding carboxylic acids is 2. The van der Waals surface area contributed by atoms with Gasteiger partial charge in [-0.3, -0.25) is 9.59 Å². The lowest BCUT2D eigenvalue weighted by molar-refractivity contribution is -0.157. The predicted octanol–water partition coefficient (Wildman–Crippen LogP) is 2.34. The number of hydrogen-bond donors (Lipinski definition) is 2. The monoisotopic (exact) mass is 371 g/mol. The normalized spacial score (nSPS) is 19.1. The molecule has 2 unspecified atom stereocenters. The molecule has 0 bridgehead atoms. The standard InChI is InChI=1S/C18H24F3N3O2/c1-11(2)12-3-5-13(6-4-12)15(22)8-23-17(26)14-7-16(25)24(9-14)10-18(19,20)21/h3-6,11,14-15H,7-10,22H2,1-2H3,(H,23,26). The number of alkyl halides is 3. The van der Waals surface area contributed by atoms with E-state index in [0.717, 1.165) is 5.56 Å². The number of nitrogens with two attached hydrogens (primary N) is 1. The summed E-state index contributed by atoms with van der Waals surface area (Å²) in [6, 6.07) is 7.33. The van der Waals surface area contributed by atoms with Crippen molar-refractivity contribution in [1.82, 2.24) is 10.2 Å². The summed E-state index contributed by atoms with van der Waals surface area (Å²) in [5.41, 5.74) is 8.10. The van der Waals surface area contributed by atoms with Crippen LogP contribution in [0.15, 0.2) is 24.3 Å². The Bertz CT molecular complexity index is 644. The highest BCUT2D eigenvalue weighted by Gasteiger charge is 2.40. The molecule has 0 radical (unpaired) electrons. The molecule has 5 nitrogen and oxygen atoms in total. The maximum Gasteiger partial charge on any atom is 0.406 e. The molecule has 0 aromatic heterocycles. The highest BCUT2D eigenvalue weighted by Crippen LogP contribution is 2.24. The zero-order chi connectivity index (χ0) is 19.5. The quantitative estimate of drug-likeness (QED) is 0.806. The second-order valence-corrected chi connectivity index (χ2v) is 6.96. The van der Waals surface area contributed by atoms with E-state index in [1.807, 2.05) is 24.3 Å². The number of carbonyl (C=O) groups is 2. The van der Waals surface area contributed by atoms with Gasteiger partial charge < -0.3 is 16.0 Å². The van der Waals surface area contributed by atoms with Crippen LogP contribution in [0.2, 0.25) is 0 Å². The minimum atomic E-state index is -4.47. The van der Waals surface area contributed by atoms with Crippen LogP contribution in [0.3, 0.4) is 0 Å². The fourth-order valence-electron chi connectivity index (χ4n) is 2.92. The van der Waals surface area contributed by atoms with Gasteiger partial charge in [0.05, 0.1) is 5.92 Å². The van der Waals surface area contributed by atoms with Gasteiger partial charge in [-0.05, 0) is 17.0 Å². The number of rotatable bonds is 6. The third-order valence-electron chi connectivity index (χ3n) is 4.48. The topological polar surface area (TPSA) is 75.4 Å². The van der Waals surface area contributed by atoms with E-state index >= 15 is 0 Å². The Hall–Kier alpha value is -2.09. The largest absolute Gasteiger partial charge is 0.406 e. The van der Waals surface area contributed by atoms with E-state index in [-0.39, 0.29) is 19.5 Å². The van der Waals surface area contributed by atoms with Gasteiger partial charge in [-0.2, -0.15) is 13.2 Å². The number of benzene rings is 1. The fraction of sp³-hybridized carbons (Fsp3) is 0.556. The van der Waals surface area contributed by atoms with E-state index in [1.165, 1.54) is 5.56 Å². The van der Waals surface area contributed by atoms with Gasteiger partial charge in [0.25, 0.3) is 0 Å². The van der Waals surface area contributed by atoms with E-state index in [1.54, 1.807) is 0 Å². The Labute approximate surface area is 150 Å². The molecule has 144 valence electrons. The maximum atomic E-state index is 12.4. The number of nitrogens with one attached hydrogen (secondary N) is 1. The fourth-order valence-corrected chi connectivity index (χ4v) is 2.92. The molecule has 0 spiro atoms. The van der Waals surface area contributed by atoms with Crippen LogP contribution in [0, 0.1) is 5.92 Å². The van der Waals surface area contributed by atoms with Crippen molar-refractivity contribution in [2.75, 3.05) is 19.6 Å². The molecule has 1 aliphatic rings. The molecule has 1 aromatic rings. The van der Waals surface area contributed by atoms with Gasteiger partial charge in [0.15, 0.2) is 0 Å². The highest BCUT2D eigenvalue weighted by molar-refractivity contribution is 5.89. The van der Waals surface area contributed by atoms with Gasteiger partial charge in [-0.15, -0.1) is 0 Å². The van der Waals surface area contributed by atoms with Crippen LogP contribution in [0.1, 0.15) is 43.4 Å². The Morgan fingerprint density at radius 2 is 1.85 bits per heavy atom. The van der Waals surface area contributed by atoms with Gasteiger partial charge >= 0.3 is 6.18 Å². The van der Waals surface area contributed by atoms with E-state index in [9.17, 15) is 22.8 Å². The molecular formula is C18H24F3N3O2. The number of amides is 2. The third kappa shape index (κ3) is 5.45. The van der Waals surface area contributed by atoms with Crippen LogP contribution >= 0.6 is 0 Å². The average Bonchev–Trinajstić information content (AvgIpc) is 2.91. The minimum Gasteiger partial charge on any atom is -0.354 e. The van der Waals surface area contributed by atoms with E-state index in [4.69, 9.17) is 5.73 Å². The van der Waals surface area contributed by atoms with Crippen LogP contribution < -0.4 is 11.1 Å². The summed E-state index contributed by atoms with van der Waals surface area (Å²) in [6.07, 6.45) is -4.67. The summed E-state index contributed by atoms with van der Waals surface area (Å²) >= 11 is 0. The summed E-state index contributed by atoms with van der Waals surface area (Å²) in [5, 5.41) is 2.64. The molecule has 2 rings (SSSR count). The third-order valence-corrected chi connectivity index (χ3v) is 4.48. The second kappa shape index (κ2) is 8.07. The molecule has 1 heterocycles. The summed E-state index contributed by atoms with van der Waals surface area (Å²) in [7, 11) is 0. The molecule has 1 aliphatic heterocycles. The molecule has 2 atom stereocenters. The van der Waals surface area contributed by atoms with Crippen molar-refractivity contribution in [3.05, 3.63) is 35.4 Å². The highest BCUT2D eigenvalue weighted by atomic mass is 19.4. The average molecular weight is 371 g/mol.